The van der Waals surface area contributed by atoms with Crippen LogP contribution in [0.15, 0.2) is 48.5 Å². The van der Waals surface area contributed by atoms with E-state index in [4.69, 9.17) is 4.98 Å². The SMILES string of the molecule is Cc1cccc(C(=O)NC(C)c2nc3ccccc3n2CC(=O)N2CCC(C)CC2)c1. The number of carbonyl (C=O) groups excluding carboxylic acids is 2. The van der Waals surface area contributed by atoms with E-state index in [0.717, 1.165) is 42.5 Å². The van der Waals surface area contributed by atoms with Crippen LogP contribution in [0.3, 0.4) is 0 Å². The Kier molecular flexibility index (Phi) is 6.07. The number of benzene rings is 2. The average molecular weight is 419 g/mol. The quantitative estimate of drug-likeness (QED) is 0.678. The summed E-state index contributed by atoms with van der Waals surface area (Å²) in [5.74, 6) is 1.33. The van der Waals surface area contributed by atoms with Crippen molar-refractivity contribution in [3.05, 3.63) is 65.5 Å². The van der Waals surface area contributed by atoms with Crippen LogP contribution in [0.5, 0.6) is 0 Å². The van der Waals surface area contributed by atoms with Crippen molar-refractivity contribution in [3.8, 4) is 0 Å². The molecule has 1 saturated heterocycles. The lowest BCUT2D eigenvalue weighted by atomic mass is 9.99. The van der Waals surface area contributed by atoms with Crippen LogP contribution < -0.4 is 5.32 Å². The lowest BCUT2D eigenvalue weighted by Gasteiger charge is -2.30. The molecule has 4 rings (SSSR count). The molecule has 6 heteroatoms. The summed E-state index contributed by atoms with van der Waals surface area (Å²) in [6, 6.07) is 15.0. The number of amides is 2. The largest absolute Gasteiger partial charge is 0.342 e. The summed E-state index contributed by atoms with van der Waals surface area (Å²) in [6.07, 6.45) is 2.10. The molecule has 0 saturated carbocycles. The molecule has 162 valence electrons. The third-order valence-corrected chi connectivity index (χ3v) is 6.13. The summed E-state index contributed by atoms with van der Waals surface area (Å²) in [5, 5.41) is 3.05. The van der Waals surface area contributed by atoms with Gasteiger partial charge in [-0.25, -0.2) is 4.98 Å². The second kappa shape index (κ2) is 8.92. The Labute approximate surface area is 183 Å². The zero-order valence-corrected chi connectivity index (χ0v) is 18.5. The topological polar surface area (TPSA) is 67.2 Å². The minimum absolute atomic E-state index is 0.105. The first-order valence-corrected chi connectivity index (χ1v) is 11.0. The second-order valence-corrected chi connectivity index (χ2v) is 8.67. The third kappa shape index (κ3) is 4.63. The molecule has 1 N–H and O–H groups in total. The number of nitrogens with zero attached hydrogens (tertiary/aromatic N) is 3. The molecular formula is C25H30N4O2. The van der Waals surface area contributed by atoms with Crippen LogP contribution in [0, 0.1) is 12.8 Å². The Bertz CT molecular complexity index is 1100. The molecule has 1 fully saturated rings. The predicted octanol–water partition coefficient (Wildman–Crippen LogP) is 4.09. The van der Waals surface area contributed by atoms with E-state index in [1.54, 1.807) is 6.07 Å². The smallest absolute Gasteiger partial charge is 0.251 e. The Morgan fingerprint density at radius 1 is 1.13 bits per heavy atom. The van der Waals surface area contributed by atoms with Crippen molar-refractivity contribution < 1.29 is 9.59 Å². The van der Waals surface area contributed by atoms with Gasteiger partial charge in [-0.1, -0.05) is 36.8 Å². The second-order valence-electron chi connectivity index (χ2n) is 8.67. The monoisotopic (exact) mass is 418 g/mol. The van der Waals surface area contributed by atoms with E-state index in [-0.39, 0.29) is 24.4 Å². The van der Waals surface area contributed by atoms with Crippen molar-refractivity contribution in [2.75, 3.05) is 13.1 Å². The molecule has 1 aliphatic heterocycles. The molecule has 0 spiro atoms. The van der Waals surface area contributed by atoms with E-state index < -0.39 is 0 Å². The Hall–Kier alpha value is -3.15. The number of hydrogen-bond acceptors (Lipinski definition) is 3. The molecular weight excluding hydrogens is 388 g/mol. The van der Waals surface area contributed by atoms with E-state index in [9.17, 15) is 9.59 Å². The number of likely N-dealkylation sites (tertiary alicyclic amines) is 1. The van der Waals surface area contributed by atoms with Gasteiger partial charge < -0.3 is 14.8 Å². The number of piperidine rings is 1. The van der Waals surface area contributed by atoms with Gasteiger partial charge in [0.1, 0.15) is 12.4 Å². The number of fused-ring (bicyclic) bond motifs is 1. The maximum Gasteiger partial charge on any atom is 0.251 e. The van der Waals surface area contributed by atoms with Gasteiger partial charge in [0.2, 0.25) is 5.91 Å². The molecule has 6 nitrogen and oxygen atoms in total. The fraction of sp³-hybridized carbons (Fsp3) is 0.400. The number of para-hydroxylation sites is 2. The lowest BCUT2D eigenvalue weighted by molar-refractivity contribution is -0.133. The lowest BCUT2D eigenvalue weighted by Crippen LogP contribution is -2.40. The van der Waals surface area contributed by atoms with Crippen LogP contribution in [0.25, 0.3) is 11.0 Å². The van der Waals surface area contributed by atoms with Crippen molar-refractivity contribution >= 4 is 22.8 Å². The molecule has 0 radical (unpaired) electrons. The third-order valence-electron chi connectivity index (χ3n) is 6.13. The van der Waals surface area contributed by atoms with Crippen LogP contribution in [-0.2, 0) is 11.3 Å². The molecule has 1 aromatic heterocycles. The van der Waals surface area contributed by atoms with Crippen LogP contribution in [0.1, 0.15) is 54.5 Å². The van der Waals surface area contributed by atoms with Crippen LogP contribution in [0.4, 0.5) is 0 Å². The summed E-state index contributed by atoms with van der Waals surface area (Å²) in [4.78, 5) is 32.6. The van der Waals surface area contributed by atoms with Gasteiger partial charge in [-0.05, 0) is 56.9 Å². The Morgan fingerprint density at radius 3 is 2.61 bits per heavy atom. The molecule has 2 amide bonds. The highest BCUT2D eigenvalue weighted by Gasteiger charge is 2.24. The van der Waals surface area contributed by atoms with Gasteiger partial charge in [-0.3, -0.25) is 9.59 Å². The number of imidazole rings is 1. The highest BCUT2D eigenvalue weighted by atomic mass is 16.2. The molecule has 0 aliphatic carbocycles. The summed E-state index contributed by atoms with van der Waals surface area (Å²) in [6.45, 7) is 7.96. The van der Waals surface area contributed by atoms with E-state index in [1.807, 2.05) is 65.8 Å². The predicted molar refractivity (Wildman–Crippen MR) is 122 cm³/mol. The van der Waals surface area contributed by atoms with E-state index in [0.29, 0.717) is 17.3 Å². The highest BCUT2D eigenvalue weighted by Crippen LogP contribution is 2.23. The van der Waals surface area contributed by atoms with Crippen molar-refractivity contribution in [2.45, 2.75) is 46.2 Å². The van der Waals surface area contributed by atoms with Gasteiger partial charge in [-0.15, -0.1) is 0 Å². The fourth-order valence-electron chi connectivity index (χ4n) is 4.21. The minimum Gasteiger partial charge on any atom is -0.342 e. The summed E-state index contributed by atoms with van der Waals surface area (Å²) < 4.78 is 1.96. The zero-order valence-electron chi connectivity index (χ0n) is 18.5. The molecule has 1 unspecified atom stereocenters. The van der Waals surface area contributed by atoms with Gasteiger partial charge in [-0.2, -0.15) is 0 Å². The Balaban J connectivity index is 1.58. The van der Waals surface area contributed by atoms with Gasteiger partial charge in [0.05, 0.1) is 17.1 Å². The van der Waals surface area contributed by atoms with E-state index in [2.05, 4.69) is 12.2 Å². The van der Waals surface area contributed by atoms with Crippen molar-refractivity contribution in [3.63, 3.8) is 0 Å². The molecule has 1 atom stereocenters. The molecule has 31 heavy (non-hydrogen) atoms. The molecule has 3 aromatic rings. The minimum atomic E-state index is -0.338. The van der Waals surface area contributed by atoms with Gasteiger partial charge in [0, 0.05) is 18.7 Å². The molecule has 2 heterocycles. The van der Waals surface area contributed by atoms with Gasteiger partial charge in [0.15, 0.2) is 0 Å². The summed E-state index contributed by atoms with van der Waals surface area (Å²) in [5.41, 5.74) is 3.39. The summed E-state index contributed by atoms with van der Waals surface area (Å²) >= 11 is 0. The van der Waals surface area contributed by atoms with E-state index >= 15 is 0 Å². The maximum absolute atomic E-state index is 13.1. The number of hydrogen-bond donors (Lipinski definition) is 1. The maximum atomic E-state index is 13.1. The Morgan fingerprint density at radius 2 is 1.87 bits per heavy atom. The van der Waals surface area contributed by atoms with Crippen molar-refractivity contribution in [1.82, 2.24) is 19.8 Å². The zero-order chi connectivity index (χ0) is 22.0. The van der Waals surface area contributed by atoms with Crippen LogP contribution in [0.2, 0.25) is 0 Å². The van der Waals surface area contributed by atoms with Gasteiger partial charge in [0.25, 0.3) is 5.91 Å². The average Bonchev–Trinajstić information content (AvgIpc) is 3.13. The number of aryl methyl sites for hydroxylation is 1. The van der Waals surface area contributed by atoms with Crippen LogP contribution >= 0.6 is 0 Å². The fourth-order valence-corrected chi connectivity index (χ4v) is 4.21. The first-order chi connectivity index (χ1) is 14.9. The van der Waals surface area contributed by atoms with Gasteiger partial charge >= 0.3 is 0 Å². The molecule has 2 aromatic carbocycles. The molecule has 0 bridgehead atoms. The first-order valence-electron chi connectivity index (χ1n) is 11.0. The highest BCUT2D eigenvalue weighted by molar-refractivity contribution is 5.94. The van der Waals surface area contributed by atoms with Crippen molar-refractivity contribution in [1.29, 1.82) is 0 Å². The first kappa shape index (κ1) is 21.1. The standard InChI is InChI=1S/C25H30N4O2/c1-17-11-13-28(14-12-17)23(30)16-29-22-10-5-4-9-21(22)27-24(29)19(3)26-25(31)20-8-6-7-18(2)15-20/h4-10,15,17,19H,11-14,16H2,1-3H3,(H,26,31). The summed E-state index contributed by atoms with van der Waals surface area (Å²) in [7, 11) is 0. The molecule has 1 aliphatic rings. The number of rotatable bonds is 5. The van der Waals surface area contributed by atoms with E-state index in [1.165, 1.54) is 0 Å². The van der Waals surface area contributed by atoms with Crippen molar-refractivity contribution in [2.24, 2.45) is 5.92 Å². The van der Waals surface area contributed by atoms with Crippen LogP contribution in [-0.4, -0.2) is 39.4 Å². The normalized spacial score (nSPS) is 15.8. The number of aromatic nitrogens is 2. The number of carbonyl (C=O) groups is 2. The number of nitrogens with one attached hydrogen (secondary N) is 1.